The highest BCUT2D eigenvalue weighted by Crippen LogP contribution is 2.23. The first kappa shape index (κ1) is 17.8. The highest BCUT2D eigenvalue weighted by molar-refractivity contribution is 5.85. The highest BCUT2D eigenvalue weighted by Gasteiger charge is 2.14. The summed E-state index contributed by atoms with van der Waals surface area (Å²) in [6.45, 7) is 3.60. The van der Waals surface area contributed by atoms with Gasteiger partial charge in [0.15, 0.2) is 0 Å². The number of hydrogen-bond acceptors (Lipinski definition) is 4. The van der Waals surface area contributed by atoms with Crippen LogP contribution in [0.1, 0.15) is 18.4 Å². The Morgan fingerprint density at radius 1 is 1.35 bits per heavy atom. The lowest BCUT2D eigenvalue weighted by Gasteiger charge is -2.22. The number of ether oxygens (including phenoxy) is 2. The van der Waals surface area contributed by atoms with E-state index in [0.717, 1.165) is 43.3 Å². The topological polar surface area (TPSA) is 59.2 Å². The van der Waals surface area contributed by atoms with Gasteiger partial charge in [-0.05, 0) is 43.0 Å². The molecule has 2 heterocycles. The highest BCUT2D eigenvalue weighted by atomic mass is 35.5. The summed E-state index contributed by atoms with van der Waals surface area (Å²) in [4.78, 5) is 0. The summed E-state index contributed by atoms with van der Waals surface area (Å²) in [5.41, 5.74) is 3.37. The molecule has 1 unspecified atom stereocenters. The molecular formula is C17H24ClN3O2. The summed E-state index contributed by atoms with van der Waals surface area (Å²) in [6, 6.07) is 8.02. The minimum absolute atomic E-state index is 0. The largest absolute Gasteiger partial charge is 0.497 e. The number of aromatic amines is 1. The van der Waals surface area contributed by atoms with E-state index in [2.05, 4.69) is 15.5 Å². The molecule has 1 aliphatic rings. The maximum absolute atomic E-state index is 5.51. The first-order chi connectivity index (χ1) is 10.9. The van der Waals surface area contributed by atoms with Crippen LogP contribution in [0.3, 0.4) is 0 Å². The Balaban J connectivity index is 0.00000192. The lowest BCUT2D eigenvalue weighted by molar-refractivity contribution is 0.0547. The van der Waals surface area contributed by atoms with Crippen LogP contribution in [0.2, 0.25) is 0 Å². The minimum Gasteiger partial charge on any atom is -0.497 e. The first-order valence-electron chi connectivity index (χ1n) is 7.82. The number of H-pyrrole nitrogens is 1. The summed E-state index contributed by atoms with van der Waals surface area (Å²) in [7, 11) is 1.68. The molecule has 2 aromatic rings. The van der Waals surface area contributed by atoms with Crippen molar-refractivity contribution in [1.29, 1.82) is 0 Å². The van der Waals surface area contributed by atoms with Crippen molar-refractivity contribution in [3.8, 4) is 17.0 Å². The number of nitrogens with zero attached hydrogens (tertiary/aromatic N) is 1. The molecule has 1 fully saturated rings. The standard InChI is InChI=1S/C17H23N3O2.ClH/c1-21-16-6-4-14(5-7-16)17-15(11-19-20-17)10-18-9-13-3-2-8-22-12-13;/h4-7,11,13,18H,2-3,8-10,12H2,1H3,(H,19,20);1H. The summed E-state index contributed by atoms with van der Waals surface area (Å²) in [5.74, 6) is 1.49. The average Bonchev–Trinajstić information content (AvgIpc) is 3.04. The van der Waals surface area contributed by atoms with Crippen LogP contribution >= 0.6 is 12.4 Å². The molecular weight excluding hydrogens is 314 g/mol. The van der Waals surface area contributed by atoms with Crippen LogP contribution in [0.15, 0.2) is 30.5 Å². The van der Waals surface area contributed by atoms with Crippen LogP contribution in [0.5, 0.6) is 5.75 Å². The Kier molecular flexibility index (Phi) is 6.89. The molecule has 6 heteroatoms. The maximum atomic E-state index is 5.51. The van der Waals surface area contributed by atoms with Crippen molar-refractivity contribution in [1.82, 2.24) is 15.5 Å². The average molecular weight is 338 g/mol. The van der Waals surface area contributed by atoms with E-state index in [1.807, 2.05) is 30.5 Å². The van der Waals surface area contributed by atoms with Gasteiger partial charge in [-0.2, -0.15) is 5.10 Å². The zero-order chi connectivity index (χ0) is 15.2. The second kappa shape index (κ2) is 8.91. The van der Waals surface area contributed by atoms with Gasteiger partial charge < -0.3 is 14.8 Å². The van der Waals surface area contributed by atoms with E-state index < -0.39 is 0 Å². The van der Waals surface area contributed by atoms with Crippen LogP contribution in [0.4, 0.5) is 0 Å². The Bertz CT molecular complexity index is 580. The van der Waals surface area contributed by atoms with Crippen LogP contribution in [0, 0.1) is 5.92 Å². The third-order valence-corrected chi connectivity index (χ3v) is 4.10. The predicted molar refractivity (Wildman–Crippen MR) is 93.1 cm³/mol. The van der Waals surface area contributed by atoms with Crippen molar-refractivity contribution >= 4 is 12.4 Å². The molecule has 0 bridgehead atoms. The number of benzene rings is 1. The fourth-order valence-electron chi connectivity index (χ4n) is 2.83. The van der Waals surface area contributed by atoms with Gasteiger partial charge in [0.1, 0.15) is 5.75 Å². The molecule has 0 saturated carbocycles. The number of methoxy groups -OCH3 is 1. The molecule has 1 atom stereocenters. The molecule has 0 radical (unpaired) electrons. The van der Waals surface area contributed by atoms with E-state index in [0.29, 0.717) is 5.92 Å². The number of rotatable bonds is 6. The smallest absolute Gasteiger partial charge is 0.118 e. The second-order valence-electron chi connectivity index (χ2n) is 5.71. The van der Waals surface area contributed by atoms with Crippen molar-refractivity contribution in [2.24, 2.45) is 5.92 Å². The van der Waals surface area contributed by atoms with Gasteiger partial charge in [0.05, 0.1) is 25.6 Å². The minimum atomic E-state index is 0. The third-order valence-electron chi connectivity index (χ3n) is 4.10. The van der Waals surface area contributed by atoms with Crippen LogP contribution < -0.4 is 10.1 Å². The molecule has 1 aromatic heterocycles. The Labute approximate surface area is 143 Å². The third kappa shape index (κ3) is 4.70. The summed E-state index contributed by atoms with van der Waals surface area (Å²) in [6.07, 6.45) is 4.32. The van der Waals surface area contributed by atoms with Gasteiger partial charge in [0.2, 0.25) is 0 Å². The quantitative estimate of drug-likeness (QED) is 0.850. The van der Waals surface area contributed by atoms with Gasteiger partial charge in [-0.1, -0.05) is 0 Å². The second-order valence-corrected chi connectivity index (χ2v) is 5.71. The number of aromatic nitrogens is 2. The van der Waals surface area contributed by atoms with Gasteiger partial charge in [-0.15, -0.1) is 12.4 Å². The number of halogens is 1. The van der Waals surface area contributed by atoms with Crippen molar-refractivity contribution in [2.75, 3.05) is 26.9 Å². The van der Waals surface area contributed by atoms with Crippen LogP contribution in [-0.4, -0.2) is 37.1 Å². The van der Waals surface area contributed by atoms with Gasteiger partial charge >= 0.3 is 0 Å². The molecule has 1 aliphatic heterocycles. The SMILES string of the molecule is COc1ccc(-c2[nH]ncc2CNCC2CCCOC2)cc1.Cl. The molecule has 0 amide bonds. The molecule has 1 aromatic carbocycles. The lowest BCUT2D eigenvalue weighted by Crippen LogP contribution is -2.28. The van der Waals surface area contributed by atoms with Crippen molar-refractivity contribution in [3.05, 3.63) is 36.0 Å². The summed E-state index contributed by atoms with van der Waals surface area (Å²) in [5, 5.41) is 10.8. The van der Waals surface area contributed by atoms with Crippen molar-refractivity contribution in [2.45, 2.75) is 19.4 Å². The lowest BCUT2D eigenvalue weighted by atomic mass is 10.0. The van der Waals surface area contributed by atoms with Gasteiger partial charge in [-0.25, -0.2) is 0 Å². The van der Waals surface area contributed by atoms with Crippen LogP contribution in [-0.2, 0) is 11.3 Å². The predicted octanol–water partition coefficient (Wildman–Crippen LogP) is 3.02. The zero-order valence-electron chi connectivity index (χ0n) is 13.4. The summed E-state index contributed by atoms with van der Waals surface area (Å²) >= 11 is 0. The number of nitrogens with one attached hydrogen (secondary N) is 2. The molecule has 0 spiro atoms. The van der Waals surface area contributed by atoms with E-state index in [9.17, 15) is 0 Å². The molecule has 126 valence electrons. The van der Waals surface area contributed by atoms with E-state index in [4.69, 9.17) is 9.47 Å². The van der Waals surface area contributed by atoms with Gasteiger partial charge in [0, 0.05) is 30.8 Å². The van der Waals surface area contributed by atoms with Crippen LogP contribution in [0.25, 0.3) is 11.3 Å². The fraction of sp³-hybridized carbons (Fsp3) is 0.471. The molecule has 3 rings (SSSR count). The molecule has 0 aliphatic carbocycles. The van der Waals surface area contributed by atoms with E-state index in [-0.39, 0.29) is 12.4 Å². The first-order valence-corrected chi connectivity index (χ1v) is 7.82. The van der Waals surface area contributed by atoms with Crippen molar-refractivity contribution < 1.29 is 9.47 Å². The fourth-order valence-corrected chi connectivity index (χ4v) is 2.83. The van der Waals surface area contributed by atoms with E-state index in [1.54, 1.807) is 7.11 Å². The van der Waals surface area contributed by atoms with Crippen molar-refractivity contribution in [3.63, 3.8) is 0 Å². The Morgan fingerprint density at radius 2 is 2.17 bits per heavy atom. The monoisotopic (exact) mass is 337 g/mol. The summed E-state index contributed by atoms with van der Waals surface area (Å²) < 4.78 is 10.7. The molecule has 5 nitrogen and oxygen atoms in total. The molecule has 2 N–H and O–H groups in total. The molecule has 1 saturated heterocycles. The van der Waals surface area contributed by atoms with Gasteiger partial charge in [-0.3, -0.25) is 5.10 Å². The normalized spacial score (nSPS) is 17.5. The molecule has 23 heavy (non-hydrogen) atoms. The van der Waals surface area contributed by atoms with Gasteiger partial charge in [0.25, 0.3) is 0 Å². The van der Waals surface area contributed by atoms with E-state index >= 15 is 0 Å². The maximum Gasteiger partial charge on any atom is 0.118 e. The van der Waals surface area contributed by atoms with E-state index in [1.165, 1.54) is 18.4 Å². The number of hydrogen-bond donors (Lipinski definition) is 2. The Morgan fingerprint density at radius 3 is 2.87 bits per heavy atom. The zero-order valence-corrected chi connectivity index (χ0v) is 14.2. The Hall–Kier alpha value is -1.56.